The summed E-state index contributed by atoms with van der Waals surface area (Å²) in [5.74, 6) is -0.449. The van der Waals surface area contributed by atoms with E-state index >= 15 is 0 Å². The lowest BCUT2D eigenvalue weighted by Crippen LogP contribution is -2.47. The molecule has 0 bridgehead atoms. The fraction of sp³-hybridized carbons (Fsp3) is 0.550. The van der Waals surface area contributed by atoms with Gasteiger partial charge in [0.2, 0.25) is 5.91 Å². The van der Waals surface area contributed by atoms with Crippen LogP contribution in [0.4, 0.5) is 4.79 Å². The molecular weight excluding hydrogens is 330 g/mol. The number of carbonyl (C=O) groups is 3. The number of nitrogens with zero attached hydrogens (tertiary/aromatic N) is 2. The van der Waals surface area contributed by atoms with Gasteiger partial charge >= 0.3 is 6.03 Å². The number of imide groups is 1. The van der Waals surface area contributed by atoms with Crippen LogP contribution in [0, 0.1) is 0 Å². The Morgan fingerprint density at radius 3 is 2.50 bits per heavy atom. The topological polar surface area (TPSA) is 69.7 Å². The number of carbonyl (C=O) groups excluding carboxylic acids is 3. The Morgan fingerprint density at radius 1 is 1.15 bits per heavy atom. The first-order valence-electron chi connectivity index (χ1n) is 9.55. The van der Waals surface area contributed by atoms with E-state index in [1.807, 2.05) is 42.2 Å². The number of nitrogens with one attached hydrogen (secondary N) is 1. The predicted molar refractivity (Wildman–Crippen MR) is 98.4 cm³/mol. The molecule has 1 heterocycles. The van der Waals surface area contributed by atoms with Crippen molar-refractivity contribution in [3.63, 3.8) is 0 Å². The van der Waals surface area contributed by atoms with Crippen LogP contribution in [0.3, 0.4) is 0 Å². The maximum Gasteiger partial charge on any atom is 0.325 e. The minimum Gasteiger partial charge on any atom is -0.338 e. The third-order valence-corrected chi connectivity index (χ3v) is 5.36. The molecule has 1 aromatic rings. The largest absolute Gasteiger partial charge is 0.338 e. The Labute approximate surface area is 154 Å². The first-order valence-corrected chi connectivity index (χ1v) is 9.55. The van der Waals surface area contributed by atoms with Gasteiger partial charge in [-0.3, -0.25) is 14.5 Å². The van der Waals surface area contributed by atoms with Crippen molar-refractivity contribution < 1.29 is 14.4 Å². The lowest BCUT2D eigenvalue weighted by molar-refractivity contribution is -0.139. The summed E-state index contributed by atoms with van der Waals surface area (Å²) in [5.41, 5.74) is 0.983. The molecule has 140 valence electrons. The smallest absolute Gasteiger partial charge is 0.325 e. The van der Waals surface area contributed by atoms with Crippen molar-refractivity contribution in [3.05, 3.63) is 35.9 Å². The van der Waals surface area contributed by atoms with Crippen LogP contribution in [0.25, 0.3) is 0 Å². The minimum atomic E-state index is -0.595. The van der Waals surface area contributed by atoms with Crippen LogP contribution < -0.4 is 5.32 Å². The molecule has 6 heteroatoms. The van der Waals surface area contributed by atoms with E-state index in [1.54, 1.807) is 0 Å². The van der Waals surface area contributed by atoms with Gasteiger partial charge in [0.15, 0.2) is 0 Å². The summed E-state index contributed by atoms with van der Waals surface area (Å²) >= 11 is 0. The Hall–Kier alpha value is -2.37. The lowest BCUT2D eigenvalue weighted by Gasteiger charge is -2.34. The van der Waals surface area contributed by atoms with Crippen molar-refractivity contribution >= 4 is 17.8 Å². The summed E-state index contributed by atoms with van der Waals surface area (Å²) in [6.07, 6.45) is 5.95. The number of amides is 4. The average Bonchev–Trinajstić information content (AvgIpc) is 2.91. The summed E-state index contributed by atoms with van der Waals surface area (Å²) in [4.78, 5) is 40.5. The molecule has 0 unspecified atom stereocenters. The normalized spacial score (nSPS) is 21.0. The quantitative estimate of drug-likeness (QED) is 0.795. The summed E-state index contributed by atoms with van der Waals surface area (Å²) < 4.78 is 0. The van der Waals surface area contributed by atoms with Gasteiger partial charge in [-0.15, -0.1) is 0 Å². The van der Waals surface area contributed by atoms with E-state index in [9.17, 15) is 14.4 Å². The summed E-state index contributed by atoms with van der Waals surface area (Å²) in [7, 11) is 0. The van der Waals surface area contributed by atoms with E-state index in [2.05, 4.69) is 5.32 Å². The number of hydrogen-bond acceptors (Lipinski definition) is 3. The van der Waals surface area contributed by atoms with Gasteiger partial charge in [-0.2, -0.15) is 0 Å². The number of urea groups is 1. The van der Waals surface area contributed by atoms with Crippen molar-refractivity contribution in [2.24, 2.45) is 0 Å². The van der Waals surface area contributed by atoms with Crippen molar-refractivity contribution in [1.29, 1.82) is 0 Å². The molecule has 1 saturated carbocycles. The molecule has 3 rings (SSSR count). The highest BCUT2D eigenvalue weighted by Crippen LogP contribution is 2.23. The first-order chi connectivity index (χ1) is 12.6. The Bertz CT molecular complexity index is 656. The summed E-state index contributed by atoms with van der Waals surface area (Å²) in [6, 6.07) is 8.74. The van der Waals surface area contributed by atoms with Gasteiger partial charge in [0, 0.05) is 19.0 Å². The molecule has 1 aromatic carbocycles. The zero-order valence-electron chi connectivity index (χ0n) is 15.3. The predicted octanol–water partition coefficient (Wildman–Crippen LogP) is 2.33. The van der Waals surface area contributed by atoms with Crippen LogP contribution in [0.5, 0.6) is 0 Å². The van der Waals surface area contributed by atoms with E-state index in [-0.39, 0.29) is 24.4 Å². The third kappa shape index (κ3) is 4.06. The zero-order valence-corrected chi connectivity index (χ0v) is 15.3. The van der Waals surface area contributed by atoms with Crippen molar-refractivity contribution in [2.45, 2.75) is 57.5 Å². The minimum absolute atomic E-state index is 0.136. The molecule has 1 aliphatic heterocycles. The highest BCUT2D eigenvalue weighted by atomic mass is 16.2. The monoisotopic (exact) mass is 357 g/mol. The number of hydrogen-bond donors (Lipinski definition) is 1. The van der Waals surface area contributed by atoms with Crippen LogP contribution in [0.1, 0.15) is 44.6 Å². The third-order valence-electron chi connectivity index (χ3n) is 5.36. The fourth-order valence-corrected chi connectivity index (χ4v) is 3.97. The maximum atomic E-state index is 12.7. The van der Waals surface area contributed by atoms with E-state index in [0.717, 1.165) is 36.1 Å². The molecule has 2 fully saturated rings. The lowest BCUT2D eigenvalue weighted by atomic mass is 9.94. The summed E-state index contributed by atoms with van der Waals surface area (Å²) in [5, 5.41) is 2.71. The van der Waals surface area contributed by atoms with E-state index in [4.69, 9.17) is 0 Å². The molecule has 1 N–H and O–H groups in total. The molecule has 1 saturated heterocycles. The molecule has 0 aromatic heterocycles. The Balaban J connectivity index is 1.62. The number of rotatable bonds is 6. The van der Waals surface area contributed by atoms with Gasteiger partial charge < -0.3 is 10.2 Å². The first kappa shape index (κ1) is 18.4. The second-order valence-corrected chi connectivity index (χ2v) is 7.09. The Morgan fingerprint density at radius 2 is 1.85 bits per heavy atom. The van der Waals surface area contributed by atoms with Gasteiger partial charge in [-0.05, 0) is 25.3 Å². The van der Waals surface area contributed by atoms with E-state index < -0.39 is 12.1 Å². The zero-order chi connectivity index (χ0) is 18.5. The summed E-state index contributed by atoms with van der Waals surface area (Å²) in [6.45, 7) is 2.40. The van der Waals surface area contributed by atoms with Crippen molar-refractivity contribution in [3.8, 4) is 0 Å². The van der Waals surface area contributed by atoms with Crippen LogP contribution in [-0.4, -0.2) is 52.8 Å². The molecule has 26 heavy (non-hydrogen) atoms. The highest BCUT2D eigenvalue weighted by Gasteiger charge is 2.40. The molecule has 0 spiro atoms. The second kappa shape index (κ2) is 8.34. The van der Waals surface area contributed by atoms with Gasteiger partial charge in [0.25, 0.3) is 5.91 Å². The van der Waals surface area contributed by atoms with E-state index in [1.165, 1.54) is 6.42 Å². The van der Waals surface area contributed by atoms with Gasteiger partial charge in [0.05, 0.1) is 0 Å². The van der Waals surface area contributed by atoms with Crippen LogP contribution in [0.2, 0.25) is 0 Å². The molecule has 6 nitrogen and oxygen atoms in total. The molecule has 4 amide bonds. The molecule has 0 radical (unpaired) electrons. The van der Waals surface area contributed by atoms with Crippen LogP contribution in [-0.2, 0) is 16.0 Å². The van der Waals surface area contributed by atoms with E-state index in [0.29, 0.717) is 13.0 Å². The molecule has 2 aliphatic rings. The van der Waals surface area contributed by atoms with Gasteiger partial charge in [0.1, 0.15) is 12.6 Å². The number of likely N-dealkylation sites (N-methyl/N-ethyl adjacent to an activating group) is 1. The van der Waals surface area contributed by atoms with Crippen LogP contribution >= 0.6 is 0 Å². The molecule has 1 aliphatic carbocycles. The second-order valence-electron chi connectivity index (χ2n) is 7.09. The van der Waals surface area contributed by atoms with Crippen LogP contribution in [0.15, 0.2) is 30.3 Å². The number of benzene rings is 1. The average molecular weight is 357 g/mol. The Kier molecular flexibility index (Phi) is 5.91. The van der Waals surface area contributed by atoms with Crippen molar-refractivity contribution in [1.82, 2.24) is 15.1 Å². The SMILES string of the molecule is CCN(C(=O)CN1C(=O)N[C@H](Cc2ccccc2)C1=O)C1CCCCC1. The molecule has 1 atom stereocenters. The molecular formula is C20H27N3O3. The van der Waals surface area contributed by atoms with Gasteiger partial charge in [-0.1, -0.05) is 49.6 Å². The fourth-order valence-electron chi connectivity index (χ4n) is 3.97. The highest BCUT2D eigenvalue weighted by molar-refractivity contribution is 6.06. The van der Waals surface area contributed by atoms with Gasteiger partial charge in [-0.25, -0.2) is 4.79 Å². The maximum absolute atomic E-state index is 12.7. The standard InChI is InChI=1S/C20H27N3O3/c1-2-22(16-11-7-4-8-12-16)18(24)14-23-19(25)17(21-20(23)26)13-15-9-5-3-6-10-15/h3,5-6,9-10,16-17H,2,4,7-8,11-14H2,1H3,(H,21,26)/t17-/m1/s1. The van der Waals surface area contributed by atoms with Crippen molar-refractivity contribution in [2.75, 3.05) is 13.1 Å².